The van der Waals surface area contributed by atoms with Crippen LogP contribution in [0, 0.1) is 0 Å². The Balaban J connectivity index is 2.31. The fraction of sp³-hybridized carbons (Fsp3) is 0.833. The molecule has 0 aliphatic heterocycles. The molecular formula is C6H12N2O2. The number of carbonyl (C=O) groups is 1. The summed E-state index contributed by atoms with van der Waals surface area (Å²) >= 11 is 0. The van der Waals surface area contributed by atoms with Crippen molar-refractivity contribution in [3.63, 3.8) is 0 Å². The average molecular weight is 144 g/mol. The maximum atomic E-state index is 10.3. The van der Waals surface area contributed by atoms with Gasteiger partial charge in [-0.25, -0.2) is 4.79 Å². The summed E-state index contributed by atoms with van der Waals surface area (Å²) in [4.78, 5) is 11.6. The molecule has 1 fully saturated rings. The van der Waals surface area contributed by atoms with E-state index in [4.69, 9.17) is 10.8 Å². The van der Waals surface area contributed by atoms with Gasteiger partial charge in [0.25, 0.3) is 0 Å². The lowest BCUT2D eigenvalue weighted by molar-refractivity contribution is 0.106. The number of nitrogens with zero attached hydrogens (tertiary/aromatic N) is 1. The first-order valence-electron chi connectivity index (χ1n) is 3.32. The normalized spacial score (nSPS) is 31.0. The molecule has 10 heavy (non-hydrogen) atoms. The minimum absolute atomic E-state index is 0.160. The van der Waals surface area contributed by atoms with Gasteiger partial charge in [0.2, 0.25) is 0 Å². The van der Waals surface area contributed by atoms with E-state index in [-0.39, 0.29) is 12.1 Å². The molecule has 4 heteroatoms. The van der Waals surface area contributed by atoms with Crippen molar-refractivity contribution in [3.8, 4) is 0 Å². The van der Waals surface area contributed by atoms with Crippen molar-refractivity contribution in [2.45, 2.75) is 24.9 Å². The van der Waals surface area contributed by atoms with Gasteiger partial charge in [-0.1, -0.05) is 0 Å². The Labute approximate surface area is 59.6 Å². The lowest BCUT2D eigenvalue weighted by atomic mass is 9.87. The van der Waals surface area contributed by atoms with Gasteiger partial charge in [-0.15, -0.1) is 0 Å². The van der Waals surface area contributed by atoms with E-state index < -0.39 is 6.09 Å². The molecule has 4 nitrogen and oxygen atoms in total. The van der Waals surface area contributed by atoms with E-state index in [1.807, 2.05) is 0 Å². The van der Waals surface area contributed by atoms with Crippen LogP contribution >= 0.6 is 0 Å². The molecule has 3 N–H and O–H groups in total. The number of rotatable bonds is 1. The molecule has 0 aromatic heterocycles. The monoisotopic (exact) mass is 144 g/mol. The van der Waals surface area contributed by atoms with Gasteiger partial charge in [-0.2, -0.15) is 0 Å². The van der Waals surface area contributed by atoms with Gasteiger partial charge in [0, 0.05) is 19.1 Å². The van der Waals surface area contributed by atoms with E-state index in [0.717, 1.165) is 12.8 Å². The third-order valence-corrected chi connectivity index (χ3v) is 2.00. The highest BCUT2D eigenvalue weighted by Crippen LogP contribution is 2.22. The number of amides is 1. The van der Waals surface area contributed by atoms with Gasteiger partial charge in [0.05, 0.1) is 0 Å². The van der Waals surface area contributed by atoms with Crippen molar-refractivity contribution in [3.05, 3.63) is 0 Å². The summed E-state index contributed by atoms with van der Waals surface area (Å²) in [5.41, 5.74) is 5.49. The van der Waals surface area contributed by atoms with Gasteiger partial charge < -0.3 is 15.7 Å². The van der Waals surface area contributed by atoms with Crippen LogP contribution in [0.2, 0.25) is 0 Å². The zero-order valence-corrected chi connectivity index (χ0v) is 5.95. The largest absolute Gasteiger partial charge is 0.465 e. The topological polar surface area (TPSA) is 66.6 Å². The van der Waals surface area contributed by atoms with Crippen LogP contribution in [-0.2, 0) is 0 Å². The summed E-state index contributed by atoms with van der Waals surface area (Å²) in [5.74, 6) is 0. The van der Waals surface area contributed by atoms with Crippen molar-refractivity contribution >= 4 is 6.09 Å². The second kappa shape index (κ2) is 2.46. The molecule has 1 aliphatic rings. The molecule has 1 rings (SSSR count). The molecule has 1 aliphatic carbocycles. The highest BCUT2D eigenvalue weighted by atomic mass is 16.4. The van der Waals surface area contributed by atoms with Crippen LogP contribution in [0.1, 0.15) is 12.8 Å². The molecule has 0 heterocycles. The second-order valence-electron chi connectivity index (χ2n) is 2.78. The van der Waals surface area contributed by atoms with Crippen LogP contribution in [0.15, 0.2) is 0 Å². The molecular weight excluding hydrogens is 132 g/mol. The Morgan fingerprint density at radius 3 is 2.50 bits per heavy atom. The lowest BCUT2D eigenvalue weighted by Gasteiger charge is -2.37. The van der Waals surface area contributed by atoms with E-state index in [9.17, 15) is 4.79 Å². The number of hydrogen-bond acceptors (Lipinski definition) is 2. The van der Waals surface area contributed by atoms with Crippen LogP contribution in [0.3, 0.4) is 0 Å². The molecule has 0 aromatic rings. The van der Waals surface area contributed by atoms with Crippen molar-refractivity contribution in [1.29, 1.82) is 0 Å². The Morgan fingerprint density at radius 2 is 2.20 bits per heavy atom. The van der Waals surface area contributed by atoms with Crippen LogP contribution < -0.4 is 5.73 Å². The van der Waals surface area contributed by atoms with Gasteiger partial charge in [-0.05, 0) is 12.8 Å². The Kier molecular flexibility index (Phi) is 1.80. The zero-order valence-electron chi connectivity index (χ0n) is 5.95. The molecule has 0 atom stereocenters. The zero-order chi connectivity index (χ0) is 7.72. The first-order valence-corrected chi connectivity index (χ1v) is 3.32. The van der Waals surface area contributed by atoms with Crippen LogP contribution in [0.25, 0.3) is 0 Å². The van der Waals surface area contributed by atoms with Crippen molar-refractivity contribution < 1.29 is 9.90 Å². The first kappa shape index (κ1) is 7.34. The van der Waals surface area contributed by atoms with E-state index in [0.29, 0.717) is 0 Å². The summed E-state index contributed by atoms with van der Waals surface area (Å²) in [6, 6.07) is 0.374. The first-order chi connectivity index (χ1) is 4.61. The van der Waals surface area contributed by atoms with Gasteiger partial charge >= 0.3 is 6.09 Å². The Hall–Kier alpha value is -0.770. The van der Waals surface area contributed by atoms with E-state index in [1.165, 1.54) is 4.90 Å². The fourth-order valence-electron chi connectivity index (χ4n) is 1.10. The van der Waals surface area contributed by atoms with Gasteiger partial charge in [0.1, 0.15) is 0 Å². The molecule has 0 aromatic carbocycles. The fourth-order valence-corrected chi connectivity index (χ4v) is 1.10. The minimum atomic E-state index is -0.864. The van der Waals surface area contributed by atoms with Crippen LogP contribution in [0.5, 0.6) is 0 Å². The van der Waals surface area contributed by atoms with Crippen molar-refractivity contribution in [2.75, 3.05) is 7.05 Å². The predicted octanol–water partition coefficient (Wildman–Crippen LogP) is 0.0859. The van der Waals surface area contributed by atoms with Crippen LogP contribution in [0.4, 0.5) is 4.79 Å². The molecule has 0 bridgehead atoms. The van der Waals surface area contributed by atoms with Crippen molar-refractivity contribution in [2.24, 2.45) is 5.73 Å². The predicted molar refractivity (Wildman–Crippen MR) is 36.8 cm³/mol. The van der Waals surface area contributed by atoms with E-state index >= 15 is 0 Å². The minimum Gasteiger partial charge on any atom is -0.465 e. The van der Waals surface area contributed by atoms with Crippen molar-refractivity contribution in [1.82, 2.24) is 4.90 Å². The third kappa shape index (κ3) is 1.21. The number of hydrogen-bond donors (Lipinski definition) is 2. The van der Waals surface area contributed by atoms with Crippen LogP contribution in [-0.4, -0.2) is 35.2 Å². The standard InChI is InChI=1S/C6H12N2O2/c1-8(6(9)10)5-2-4(7)3-5/h4-5H,2-3,7H2,1H3,(H,9,10)/t4-,5+. The quantitative estimate of drug-likeness (QED) is 0.548. The van der Waals surface area contributed by atoms with E-state index in [2.05, 4.69) is 0 Å². The number of nitrogens with two attached hydrogens (primary N) is 1. The summed E-state index contributed by atoms with van der Waals surface area (Å²) in [5, 5.41) is 8.49. The summed E-state index contributed by atoms with van der Waals surface area (Å²) < 4.78 is 0. The molecule has 0 radical (unpaired) electrons. The Morgan fingerprint density at radius 1 is 1.70 bits per heavy atom. The summed E-state index contributed by atoms with van der Waals surface area (Å²) in [7, 11) is 1.58. The number of carboxylic acid groups (broad SMARTS) is 1. The molecule has 0 spiro atoms. The summed E-state index contributed by atoms with van der Waals surface area (Å²) in [6.07, 6.45) is 0.753. The second-order valence-corrected chi connectivity index (χ2v) is 2.78. The molecule has 58 valence electrons. The molecule has 0 unspecified atom stereocenters. The lowest BCUT2D eigenvalue weighted by Crippen LogP contribution is -2.50. The maximum absolute atomic E-state index is 10.3. The van der Waals surface area contributed by atoms with Gasteiger partial charge in [-0.3, -0.25) is 0 Å². The summed E-state index contributed by atoms with van der Waals surface area (Å²) in [6.45, 7) is 0. The highest BCUT2D eigenvalue weighted by molar-refractivity contribution is 5.65. The maximum Gasteiger partial charge on any atom is 0.407 e. The highest BCUT2D eigenvalue weighted by Gasteiger charge is 2.31. The smallest absolute Gasteiger partial charge is 0.407 e. The third-order valence-electron chi connectivity index (χ3n) is 2.00. The van der Waals surface area contributed by atoms with E-state index in [1.54, 1.807) is 7.05 Å². The van der Waals surface area contributed by atoms with Gasteiger partial charge in [0.15, 0.2) is 0 Å². The Bertz CT molecular complexity index is 143. The molecule has 1 amide bonds. The SMILES string of the molecule is CN(C(=O)O)[C@H]1C[C@@H](N)C1. The molecule has 0 saturated heterocycles. The average Bonchev–Trinajstić information content (AvgIpc) is 1.79. The molecule has 1 saturated carbocycles.